The first-order chi connectivity index (χ1) is 15.3. The molecule has 0 bridgehead atoms. The second-order valence-electron chi connectivity index (χ2n) is 8.21. The average molecular weight is 411 g/mol. The highest BCUT2D eigenvalue weighted by Gasteiger charge is 2.19. The number of piperidine rings is 1. The number of hydrogen-bond acceptors (Lipinski definition) is 3. The fourth-order valence-electron chi connectivity index (χ4n) is 4.67. The highest BCUT2D eigenvalue weighted by atomic mass is 19.1. The number of hydrogen-bond donors (Lipinski definition) is 3. The van der Waals surface area contributed by atoms with Gasteiger partial charge in [0.15, 0.2) is 0 Å². The van der Waals surface area contributed by atoms with Gasteiger partial charge in [0.05, 0.1) is 17.4 Å². The van der Waals surface area contributed by atoms with Gasteiger partial charge in [0, 0.05) is 27.9 Å². The Balaban J connectivity index is 1.47. The van der Waals surface area contributed by atoms with Gasteiger partial charge in [-0.1, -0.05) is 24.3 Å². The molecule has 6 rings (SSSR count). The fraction of sp³-hybridized carbons (Fsp3) is 0.200. The van der Waals surface area contributed by atoms with E-state index in [0.717, 1.165) is 75.9 Å². The van der Waals surface area contributed by atoms with Gasteiger partial charge in [-0.15, -0.1) is 0 Å². The number of benzene rings is 2. The number of pyridine rings is 1. The molecule has 3 aromatic heterocycles. The molecule has 4 heterocycles. The molecule has 5 nitrogen and oxygen atoms in total. The maximum Gasteiger partial charge on any atom is 0.123 e. The number of halogens is 1. The number of H-pyrrole nitrogens is 2. The lowest BCUT2D eigenvalue weighted by Gasteiger charge is -2.22. The first-order valence-electron chi connectivity index (χ1n) is 10.7. The first kappa shape index (κ1) is 18.3. The molecule has 6 heteroatoms. The Morgan fingerprint density at radius 3 is 2.65 bits per heavy atom. The molecular formula is C25H22FN5. The van der Waals surface area contributed by atoms with Crippen LogP contribution < -0.4 is 5.32 Å². The van der Waals surface area contributed by atoms with Crippen LogP contribution in [0.1, 0.15) is 24.5 Å². The molecule has 154 valence electrons. The highest BCUT2D eigenvalue weighted by Crippen LogP contribution is 2.35. The summed E-state index contributed by atoms with van der Waals surface area (Å²) in [4.78, 5) is 8.20. The number of aromatic amines is 2. The van der Waals surface area contributed by atoms with Gasteiger partial charge in [-0.2, -0.15) is 5.10 Å². The number of nitrogens with one attached hydrogen (secondary N) is 3. The van der Waals surface area contributed by atoms with Crippen molar-refractivity contribution in [2.24, 2.45) is 0 Å². The molecule has 5 aromatic rings. The second-order valence-corrected chi connectivity index (χ2v) is 8.21. The Morgan fingerprint density at radius 2 is 1.77 bits per heavy atom. The number of fused-ring (bicyclic) bond motifs is 2. The lowest BCUT2D eigenvalue weighted by molar-refractivity contribution is 0.453. The van der Waals surface area contributed by atoms with Crippen molar-refractivity contribution < 1.29 is 4.39 Å². The van der Waals surface area contributed by atoms with Gasteiger partial charge >= 0.3 is 0 Å². The van der Waals surface area contributed by atoms with Crippen molar-refractivity contribution >= 4 is 21.8 Å². The number of nitrogens with zero attached hydrogens (tertiary/aromatic N) is 2. The molecule has 0 amide bonds. The zero-order valence-corrected chi connectivity index (χ0v) is 17.0. The molecule has 0 aliphatic carbocycles. The van der Waals surface area contributed by atoms with E-state index < -0.39 is 0 Å². The van der Waals surface area contributed by atoms with Crippen molar-refractivity contribution in [3.8, 4) is 22.5 Å². The van der Waals surface area contributed by atoms with Gasteiger partial charge < -0.3 is 10.3 Å². The standard InChI is InChI=1S/C25H22FN5/c26-17-4-1-3-16(11-17)18-5-2-6-21-19(18)12-23(29-21)25-20-13-22(15-7-9-27-10-8-15)28-14-24(20)30-31-25/h1-6,11-15,27,29H,7-10H2,(H,30,31). The largest absolute Gasteiger partial charge is 0.353 e. The summed E-state index contributed by atoms with van der Waals surface area (Å²) in [7, 11) is 0. The Labute approximate surface area is 178 Å². The van der Waals surface area contributed by atoms with Crippen LogP contribution in [0.5, 0.6) is 0 Å². The molecule has 1 fully saturated rings. The van der Waals surface area contributed by atoms with Crippen molar-refractivity contribution in [1.29, 1.82) is 0 Å². The molecule has 3 N–H and O–H groups in total. The zero-order valence-electron chi connectivity index (χ0n) is 17.0. The predicted molar refractivity (Wildman–Crippen MR) is 121 cm³/mol. The van der Waals surface area contributed by atoms with Gasteiger partial charge in [0.1, 0.15) is 11.5 Å². The van der Waals surface area contributed by atoms with E-state index in [1.807, 2.05) is 30.5 Å². The van der Waals surface area contributed by atoms with E-state index in [0.29, 0.717) is 5.92 Å². The fourth-order valence-corrected chi connectivity index (χ4v) is 4.67. The Bertz CT molecular complexity index is 1390. The molecule has 1 aliphatic rings. The summed E-state index contributed by atoms with van der Waals surface area (Å²) in [6, 6.07) is 17.1. The van der Waals surface area contributed by atoms with Gasteiger partial charge in [-0.3, -0.25) is 10.1 Å². The van der Waals surface area contributed by atoms with Crippen molar-refractivity contribution in [2.75, 3.05) is 13.1 Å². The third-order valence-corrected chi connectivity index (χ3v) is 6.28. The molecule has 0 spiro atoms. The van der Waals surface area contributed by atoms with Crippen LogP contribution in [-0.4, -0.2) is 33.3 Å². The van der Waals surface area contributed by atoms with Crippen LogP contribution in [0.15, 0.2) is 60.8 Å². The third kappa shape index (κ3) is 3.20. The van der Waals surface area contributed by atoms with Crippen molar-refractivity contribution in [2.45, 2.75) is 18.8 Å². The Hall–Kier alpha value is -3.51. The van der Waals surface area contributed by atoms with E-state index in [-0.39, 0.29) is 5.82 Å². The second kappa shape index (κ2) is 7.32. The van der Waals surface area contributed by atoms with Crippen molar-refractivity contribution in [1.82, 2.24) is 25.5 Å². The van der Waals surface area contributed by atoms with Crippen LogP contribution in [-0.2, 0) is 0 Å². The quantitative estimate of drug-likeness (QED) is 0.373. The summed E-state index contributed by atoms with van der Waals surface area (Å²) in [5.74, 6) is 0.247. The van der Waals surface area contributed by atoms with Gasteiger partial charge in [0.2, 0.25) is 0 Å². The van der Waals surface area contributed by atoms with E-state index >= 15 is 0 Å². The first-order valence-corrected chi connectivity index (χ1v) is 10.7. The van der Waals surface area contributed by atoms with Crippen LogP contribution in [0.4, 0.5) is 4.39 Å². The minimum absolute atomic E-state index is 0.235. The van der Waals surface area contributed by atoms with Crippen molar-refractivity contribution in [3.63, 3.8) is 0 Å². The monoisotopic (exact) mass is 411 g/mol. The molecular weight excluding hydrogens is 389 g/mol. The lowest BCUT2D eigenvalue weighted by atomic mass is 9.93. The number of rotatable bonds is 3. The highest BCUT2D eigenvalue weighted by molar-refractivity contribution is 6.01. The molecule has 0 atom stereocenters. The van der Waals surface area contributed by atoms with Crippen LogP contribution in [0.2, 0.25) is 0 Å². The van der Waals surface area contributed by atoms with Gasteiger partial charge in [-0.25, -0.2) is 4.39 Å². The smallest absolute Gasteiger partial charge is 0.123 e. The maximum absolute atomic E-state index is 13.8. The molecule has 0 unspecified atom stereocenters. The zero-order chi connectivity index (χ0) is 20.8. The summed E-state index contributed by atoms with van der Waals surface area (Å²) in [5, 5.41) is 13.3. The molecule has 0 saturated carbocycles. The maximum atomic E-state index is 13.8. The summed E-state index contributed by atoms with van der Waals surface area (Å²) < 4.78 is 13.8. The molecule has 2 aromatic carbocycles. The third-order valence-electron chi connectivity index (χ3n) is 6.28. The summed E-state index contributed by atoms with van der Waals surface area (Å²) in [5.41, 5.74) is 6.74. The summed E-state index contributed by atoms with van der Waals surface area (Å²) >= 11 is 0. The topological polar surface area (TPSA) is 69.4 Å². The van der Waals surface area contributed by atoms with Crippen LogP contribution in [0.3, 0.4) is 0 Å². The van der Waals surface area contributed by atoms with E-state index in [9.17, 15) is 4.39 Å². The Kier molecular flexibility index (Phi) is 4.32. The molecule has 31 heavy (non-hydrogen) atoms. The van der Waals surface area contributed by atoms with Crippen molar-refractivity contribution in [3.05, 3.63) is 72.3 Å². The van der Waals surface area contributed by atoms with Gasteiger partial charge in [-0.05, 0) is 67.4 Å². The summed E-state index contributed by atoms with van der Waals surface area (Å²) in [6.07, 6.45) is 4.11. The van der Waals surface area contributed by atoms with E-state index in [2.05, 4.69) is 32.6 Å². The normalized spacial score (nSPS) is 15.1. The number of aromatic nitrogens is 4. The lowest BCUT2D eigenvalue weighted by Crippen LogP contribution is -2.27. The minimum Gasteiger partial charge on any atom is -0.353 e. The van der Waals surface area contributed by atoms with Gasteiger partial charge in [0.25, 0.3) is 0 Å². The molecule has 1 aliphatic heterocycles. The minimum atomic E-state index is -0.235. The van der Waals surface area contributed by atoms with E-state index in [4.69, 9.17) is 4.98 Å². The van der Waals surface area contributed by atoms with Crippen LogP contribution >= 0.6 is 0 Å². The molecule has 1 saturated heterocycles. The summed E-state index contributed by atoms with van der Waals surface area (Å²) in [6.45, 7) is 2.07. The van der Waals surface area contributed by atoms with E-state index in [1.54, 1.807) is 12.1 Å². The van der Waals surface area contributed by atoms with E-state index in [1.165, 1.54) is 6.07 Å². The molecule has 0 radical (unpaired) electrons. The predicted octanol–water partition coefficient (Wildman–Crippen LogP) is 5.38. The van der Waals surface area contributed by atoms with Crippen LogP contribution in [0.25, 0.3) is 44.3 Å². The van der Waals surface area contributed by atoms with Crippen LogP contribution in [0, 0.1) is 5.82 Å². The SMILES string of the molecule is Fc1cccc(-c2cccc3[nH]c(-c4n[nH]c5cnc(C6CCNCC6)cc45)cc23)c1. The Morgan fingerprint density at radius 1 is 0.903 bits per heavy atom. The average Bonchev–Trinajstić information content (AvgIpc) is 3.43.